The van der Waals surface area contributed by atoms with Crippen LogP contribution >= 0.6 is 11.3 Å². The third-order valence-electron chi connectivity index (χ3n) is 5.56. The number of anilines is 1. The van der Waals surface area contributed by atoms with Gasteiger partial charge in [-0.3, -0.25) is 9.52 Å². The summed E-state index contributed by atoms with van der Waals surface area (Å²) in [6.45, 7) is 3.52. The normalized spacial score (nSPS) is 20.3. The number of thiophene rings is 1. The molecule has 2 heterocycles. The highest BCUT2D eigenvalue weighted by Crippen LogP contribution is 2.31. The number of nitrogens with zero attached hydrogens (tertiary/aromatic N) is 2. The summed E-state index contributed by atoms with van der Waals surface area (Å²) < 4.78 is 59.2. The smallest absolute Gasteiger partial charge is 0.258 e. The molecule has 1 aromatic heterocycles. The van der Waals surface area contributed by atoms with E-state index in [1.807, 2.05) is 6.92 Å². The van der Waals surface area contributed by atoms with E-state index in [0.717, 1.165) is 17.6 Å². The number of likely N-dealkylation sites (N-methyl/N-ethyl adjacent to an activating group) is 1. The molecule has 0 fully saturated rings. The van der Waals surface area contributed by atoms with Gasteiger partial charge in [-0.1, -0.05) is 13.0 Å². The van der Waals surface area contributed by atoms with Gasteiger partial charge in [0, 0.05) is 25.2 Å². The number of ether oxygens (including phenoxy) is 1. The largest absolute Gasteiger partial charge is 0.488 e. The average Bonchev–Trinajstić information content (AvgIpc) is 3.30. The lowest BCUT2D eigenvalue weighted by molar-refractivity contribution is 0.0387. The molecule has 3 atom stereocenters. The van der Waals surface area contributed by atoms with Crippen LogP contribution in [0.15, 0.2) is 39.9 Å². The number of aliphatic hydroxyl groups excluding tert-OH is 1. The minimum atomic E-state index is -3.71. The van der Waals surface area contributed by atoms with Crippen LogP contribution in [0, 0.1) is 5.92 Å². The fraction of sp³-hybridized carbons (Fsp3) is 0.476. The number of nitrogens with one attached hydrogen (secondary N) is 1. The van der Waals surface area contributed by atoms with Gasteiger partial charge in [-0.2, -0.15) is 4.31 Å². The Bertz CT molecular complexity index is 1230. The second-order valence-corrected chi connectivity index (χ2v) is 13.4. The van der Waals surface area contributed by atoms with Gasteiger partial charge in [0.25, 0.3) is 15.9 Å². The summed E-state index contributed by atoms with van der Waals surface area (Å²) in [5, 5.41) is 11.4. The van der Waals surface area contributed by atoms with Crippen molar-refractivity contribution >= 4 is 43.0 Å². The Morgan fingerprint density at radius 2 is 2.00 bits per heavy atom. The molecule has 2 N–H and O–H groups in total. The molecule has 0 bridgehead atoms. The highest BCUT2D eigenvalue weighted by atomic mass is 32.2. The Balaban J connectivity index is 1.99. The first kappa shape index (κ1) is 26.4. The molecule has 3 rings (SSSR count). The zero-order chi connectivity index (χ0) is 25.3. The molecule has 0 unspecified atom stereocenters. The van der Waals surface area contributed by atoms with Crippen LogP contribution in [0.1, 0.15) is 24.2 Å². The van der Waals surface area contributed by atoms with E-state index in [4.69, 9.17) is 4.74 Å². The van der Waals surface area contributed by atoms with Crippen molar-refractivity contribution in [3.8, 4) is 5.75 Å². The zero-order valence-electron chi connectivity index (χ0n) is 19.3. The number of aliphatic hydroxyl groups is 1. The maximum Gasteiger partial charge on any atom is 0.258 e. The van der Waals surface area contributed by atoms with Crippen molar-refractivity contribution in [1.82, 2.24) is 9.21 Å². The van der Waals surface area contributed by atoms with Crippen LogP contribution < -0.4 is 9.46 Å². The summed E-state index contributed by atoms with van der Waals surface area (Å²) in [4.78, 5) is 14.8. The minimum Gasteiger partial charge on any atom is -0.488 e. The number of amides is 1. The second-order valence-electron chi connectivity index (χ2n) is 8.43. The summed E-state index contributed by atoms with van der Waals surface area (Å²) in [5.41, 5.74) is 0.312. The third-order valence-corrected chi connectivity index (χ3v) is 9.37. The maximum absolute atomic E-state index is 13.3. The van der Waals surface area contributed by atoms with Crippen LogP contribution in [0.25, 0.3) is 0 Å². The molecule has 0 saturated carbocycles. The van der Waals surface area contributed by atoms with Crippen molar-refractivity contribution in [3.05, 3.63) is 41.3 Å². The fourth-order valence-corrected chi connectivity index (χ4v) is 6.57. The molecule has 1 aliphatic heterocycles. The first-order chi connectivity index (χ1) is 15.8. The van der Waals surface area contributed by atoms with Gasteiger partial charge in [0.2, 0.25) is 10.0 Å². The summed E-state index contributed by atoms with van der Waals surface area (Å²) in [7, 11) is -5.81. The van der Waals surface area contributed by atoms with Crippen molar-refractivity contribution in [1.29, 1.82) is 0 Å². The predicted molar refractivity (Wildman–Crippen MR) is 130 cm³/mol. The standard InChI is InChI=1S/C21H29N3O7S3/c1-14-11-24(15(2)13-25)21(26)17-10-16(22-33(4,27)28)7-8-18(17)31-19(14)12-23(3)34(29,30)20-6-5-9-32-20/h5-10,14-15,19,22,25H,11-13H2,1-4H3/t14-,15+,19-/m1/s1. The highest BCUT2D eigenvalue weighted by Gasteiger charge is 2.35. The van der Waals surface area contributed by atoms with E-state index in [-0.39, 0.29) is 46.8 Å². The molecule has 1 aromatic carbocycles. The first-order valence-corrected chi connectivity index (χ1v) is 14.7. The average molecular weight is 532 g/mol. The molecule has 34 heavy (non-hydrogen) atoms. The molecular formula is C21H29N3O7S3. The Morgan fingerprint density at radius 3 is 2.59 bits per heavy atom. The van der Waals surface area contributed by atoms with Crippen LogP contribution in [0.5, 0.6) is 5.75 Å². The fourth-order valence-electron chi connectivity index (χ4n) is 3.63. The lowest BCUT2D eigenvalue weighted by Gasteiger charge is -2.38. The molecule has 1 amide bonds. The Morgan fingerprint density at radius 1 is 1.29 bits per heavy atom. The molecule has 10 nitrogen and oxygen atoms in total. The topological polar surface area (TPSA) is 133 Å². The van der Waals surface area contributed by atoms with Crippen molar-refractivity contribution in [3.63, 3.8) is 0 Å². The summed E-state index contributed by atoms with van der Waals surface area (Å²) >= 11 is 1.12. The van der Waals surface area contributed by atoms with Crippen molar-refractivity contribution in [2.75, 3.05) is 37.7 Å². The molecule has 188 valence electrons. The predicted octanol–water partition coefficient (Wildman–Crippen LogP) is 1.66. The van der Waals surface area contributed by atoms with Gasteiger partial charge in [0.1, 0.15) is 16.1 Å². The number of benzene rings is 1. The molecule has 0 aliphatic carbocycles. The van der Waals surface area contributed by atoms with E-state index in [1.54, 1.807) is 18.4 Å². The van der Waals surface area contributed by atoms with Crippen LogP contribution in [0.4, 0.5) is 5.69 Å². The number of rotatable bonds is 8. The summed E-state index contributed by atoms with van der Waals surface area (Å²) in [6, 6.07) is 7.03. The van der Waals surface area contributed by atoms with E-state index in [2.05, 4.69) is 4.72 Å². The number of hydrogen-bond donors (Lipinski definition) is 2. The number of carbonyl (C=O) groups is 1. The van der Waals surface area contributed by atoms with Gasteiger partial charge in [0.05, 0.1) is 31.0 Å². The first-order valence-electron chi connectivity index (χ1n) is 10.5. The highest BCUT2D eigenvalue weighted by molar-refractivity contribution is 7.92. The van der Waals surface area contributed by atoms with E-state index >= 15 is 0 Å². The van der Waals surface area contributed by atoms with Crippen LogP contribution in [-0.2, 0) is 20.0 Å². The molecule has 2 aromatic rings. The van der Waals surface area contributed by atoms with Crippen molar-refractivity contribution < 1.29 is 31.5 Å². The SMILES string of the molecule is C[C@@H]1CN([C@@H](C)CO)C(=O)c2cc(NS(C)(=O)=O)ccc2O[C@@H]1CN(C)S(=O)(=O)c1cccs1. The van der Waals surface area contributed by atoms with Crippen LogP contribution in [-0.4, -0.2) is 82.2 Å². The Labute approximate surface area is 204 Å². The minimum absolute atomic E-state index is 0.0275. The number of sulfonamides is 2. The quantitative estimate of drug-likeness (QED) is 0.529. The monoisotopic (exact) mass is 531 g/mol. The van der Waals surface area contributed by atoms with Crippen molar-refractivity contribution in [2.45, 2.75) is 30.2 Å². The third kappa shape index (κ3) is 5.89. The van der Waals surface area contributed by atoms with E-state index in [9.17, 15) is 26.7 Å². The number of hydrogen-bond acceptors (Lipinski definition) is 8. The van der Waals surface area contributed by atoms with Gasteiger partial charge in [0.15, 0.2) is 0 Å². The maximum atomic E-state index is 13.3. The zero-order valence-corrected chi connectivity index (χ0v) is 21.8. The molecule has 13 heteroatoms. The van der Waals surface area contributed by atoms with Gasteiger partial charge in [-0.25, -0.2) is 16.8 Å². The van der Waals surface area contributed by atoms with Gasteiger partial charge in [-0.15, -0.1) is 11.3 Å². The molecule has 1 aliphatic rings. The number of carbonyl (C=O) groups excluding carboxylic acids is 1. The van der Waals surface area contributed by atoms with Gasteiger partial charge in [-0.05, 0) is 36.6 Å². The van der Waals surface area contributed by atoms with Crippen LogP contribution in [0.2, 0.25) is 0 Å². The summed E-state index contributed by atoms with van der Waals surface area (Å²) in [5.74, 6) is -0.489. The van der Waals surface area contributed by atoms with Crippen molar-refractivity contribution in [2.24, 2.45) is 5.92 Å². The van der Waals surface area contributed by atoms with Gasteiger partial charge < -0.3 is 14.7 Å². The Hall–Kier alpha value is -2.19. The summed E-state index contributed by atoms with van der Waals surface area (Å²) in [6.07, 6.45) is 0.387. The van der Waals surface area contributed by atoms with E-state index < -0.39 is 38.1 Å². The van der Waals surface area contributed by atoms with E-state index in [1.165, 1.54) is 40.5 Å². The van der Waals surface area contributed by atoms with Gasteiger partial charge >= 0.3 is 0 Å². The molecular weight excluding hydrogens is 502 g/mol. The lowest BCUT2D eigenvalue weighted by Crippen LogP contribution is -2.50. The van der Waals surface area contributed by atoms with Crippen LogP contribution in [0.3, 0.4) is 0 Å². The lowest BCUT2D eigenvalue weighted by atomic mass is 9.99. The molecule has 0 spiro atoms. The molecule has 0 radical (unpaired) electrons. The van der Waals surface area contributed by atoms with E-state index in [0.29, 0.717) is 0 Å². The molecule has 0 saturated heterocycles. The Kier molecular flexibility index (Phi) is 7.92. The number of fused-ring (bicyclic) bond motifs is 1. The second kappa shape index (κ2) is 10.2.